The second kappa shape index (κ2) is 3.34. The fourth-order valence-corrected chi connectivity index (χ4v) is 2.84. The van der Waals surface area contributed by atoms with Gasteiger partial charge in [0.2, 0.25) is 0 Å². The van der Waals surface area contributed by atoms with Crippen LogP contribution in [0.15, 0.2) is 24.3 Å². The predicted octanol–water partition coefficient (Wildman–Crippen LogP) is 3.39. The van der Waals surface area contributed by atoms with Crippen molar-refractivity contribution < 1.29 is 5.11 Å². The molecule has 0 bridgehead atoms. The standard InChI is InChI=1S/C14H20O/c1-11-6-4-5-7-12(11)14(15)9-8-13(2,3)10-14/h4-7,15H,8-10H2,1-3H3. The van der Waals surface area contributed by atoms with E-state index in [9.17, 15) is 5.11 Å². The third-order valence-corrected chi connectivity index (χ3v) is 3.63. The summed E-state index contributed by atoms with van der Waals surface area (Å²) in [4.78, 5) is 0. The first-order chi connectivity index (χ1) is 6.93. The number of hydrogen-bond donors (Lipinski definition) is 1. The normalized spacial score (nSPS) is 29.3. The molecule has 1 aliphatic rings. The van der Waals surface area contributed by atoms with Crippen LogP contribution in [0.25, 0.3) is 0 Å². The third-order valence-electron chi connectivity index (χ3n) is 3.63. The average Bonchev–Trinajstić information content (AvgIpc) is 2.42. The molecule has 1 atom stereocenters. The van der Waals surface area contributed by atoms with Crippen LogP contribution in [0.5, 0.6) is 0 Å². The molecule has 1 heteroatoms. The van der Waals surface area contributed by atoms with Crippen LogP contribution in [0.2, 0.25) is 0 Å². The van der Waals surface area contributed by atoms with E-state index in [0.29, 0.717) is 0 Å². The van der Waals surface area contributed by atoms with Gasteiger partial charge in [-0.15, -0.1) is 0 Å². The lowest BCUT2D eigenvalue weighted by molar-refractivity contribution is 0.0332. The van der Waals surface area contributed by atoms with Gasteiger partial charge in [-0.3, -0.25) is 0 Å². The van der Waals surface area contributed by atoms with Crippen molar-refractivity contribution in [2.75, 3.05) is 0 Å². The number of hydrogen-bond acceptors (Lipinski definition) is 1. The zero-order valence-corrected chi connectivity index (χ0v) is 9.88. The summed E-state index contributed by atoms with van der Waals surface area (Å²) in [6.07, 6.45) is 2.88. The molecule has 1 nitrogen and oxygen atoms in total. The average molecular weight is 204 g/mol. The van der Waals surface area contributed by atoms with Crippen LogP contribution in [0.4, 0.5) is 0 Å². The van der Waals surface area contributed by atoms with Gasteiger partial charge in [0.05, 0.1) is 5.60 Å². The number of aliphatic hydroxyl groups is 1. The Bertz CT molecular complexity index is 367. The van der Waals surface area contributed by atoms with Crippen molar-refractivity contribution in [1.82, 2.24) is 0 Å². The van der Waals surface area contributed by atoms with Gasteiger partial charge < -0.3 is 5.11 Å². The first kappa shape index (κ1) is 10.7. The zero-order valence-electron chi connectivity index (χ0n) is 9.88. The summed E-state index contributed by atoms with van der Waals surface area (Å²) >= 11 is 0. The van der Waals surface area contributed by atoms with Crippen molar-refractivity contribution in [3.05, 3.63) is 35.4 Å². The Morgan fingerprint density at radius 3 is 2.33 bits per heavy atom. The largest absolute Gasteiger partial charge is 0.385 e. The molecule has 15 heavy (non-hydrogen) atoms. The quantitative estimate of drug-likeness (QED) is 0.743. The lowest BCUT2D eigenvalue weighted by Crippen LogP contribution is -2.24. The van der Waals surface area contributed by atoms with Crippen LogP contribution >= 0.6 is 0 Å². The summed E-state index contributed by atoms with van der Waals surface area (Å²) in [6.45, 7) is 6.56. The molecule has 1 fully saturated rings. The van der Waals surface area contributed by atoms with Crippen molar-refractivity contribution in [3.63, 3.8) is 0 Å². The molecule has 82 valence electrons. The lowest BCUT2D eigenvalue weighted by Gasteiger charge is -2.27. The predicted molar refractivity (Wildman–Crippen MR) is 62.7 cm³/mol. The minimum atomic E-state index is -0.588. The van der Waals surface area contributed by atoms with Crippen molar-refractivity contribution in [3.8, 4) is 0 Å². The Morgan fingerprint density at radius 1 is 1.13 bits per heavy atom. The molecule has 1 aromatic rings. The highest BCUT2D eigenvalue weighted by atomic mass is 16.3. The monoisotopic (exact) mass is 204 g/mol. The Labute approximate surface area is 92.1 Å². The van der Waals surface area contributed by atoms with Gasteiger partial charge >= 0.3 is 0 Å². The van der Waals surface area contributed by atoms with Crippen LogP contribution in [0.1, 0.15) is 44.2 Å². The van der Waals surface area contributed by atoms with E-state index < -0.39 is 5.60 Å². The molecule has 0 heterocycles. The van der Waals surface area contributed by atoms with Crippen LogP contribution in [0, 0.1) is 12.3 Å². The molecular formula is C14H20O. The topological polar surface area (TPSA) is 20.2 Å². The van der Waals surface area contributed by atoms with E-state index >= 15 is 0 Å². The van der Waals surface area contributed by atoms with E-state index in [-0.39, 0.29) is 5.41 Å². The minimum absolute atomic E-state index is 0.275. The van der Waals surface area contributed by atoms with Gasteiger partial charge in [0.25, 0.3) is 0 Å². The minimum Gasteiger partial charge on any atom is -0.385 e. The van der Waals surface area contributed by atoms with Gasteiger partial charge in [0.1, 0.15) is 0 Å². The van der Waals surface area contributed by atoms with Gasteiger partial charge in [-0.25, -0.2) is 0 Å². The van der Waals surface area contributed by atoms with Crippen molar-refractivity contribution in [2.45, 2.75) is 45.6 Å². The van der Waals surface area contributed by atoms with E-state index in [1.165, 1.54) is 5.56 Å². The fraction of sp³-hybridized carbons (Fsp3) is 0.571. The van der Waals surface area contributed by atoms with E-state index in [1.807, 2.05) is 12.1 Å². The molecule has 0 saturated heterocycles. The van der Waals surface area contributed by atoms with Gasteiger partial charge in [0, 0.05) is 0 Å². The summed E-state index contributed by atoms with van der Waals surface area (Å²) in [6, 6.07) is 8.20. The molecule has 0 aliphatic heterocycles. The maximum Gasteiger partial charge on any atom is 0.0904 e. The molecular weight excluding hydrogens is 184 g/mol. The molecule has 1 saturated carbocycles. The second-order valence-corrected chi connectivity index (χ2v) is 5.69. The summed E-state index contributed by atoms with van der Waals surface area (Å²) in [7, 11) is 0. The van der Waals surface area contributed by atoms with Crippen molar-refractivity contribution >= 4 is 0 Å². The summed E-state index contributed by atoms with van der Waals surface area (Å²) < 4.78 is 0. The van der Waals surface area contributed by atoms with Gasteiger partial charge in [-0.05, 0) is 42.7 Å². The Kier molecular flexibility index (Phi) is 2.38. The third kappa shape index (κ3) is 1.93. The maximum absolute atomic E-state index is 10.7. The molecule has 1 aliphatic carbocycles. The maximum atomic E-state index is 10.7. The zero-order chi connectivity index (χ0) is 11.1. The molecule has 0 spiro atoms. The summed E-state index contributed by atoms with van der Waals surface area (Å²) in [5.74, 6) is 0. The van der Waals surface area contributed by atoms with Crippen molar-refractivity contribution in [2.24, 2.45) is 5.41 Å². The smallest absolute Gasteiger partial charge is 0.0904 e. The second-order valence-electron chi connectivity index (χ2n) is 5.69. The highest BCUT2D eigenvalue weighted by molar-refractivity contribution is 5.32. The van der Waals surface area contributed by atoms with Crippen LogP contribution in [0.3, 0.4) is 0 Å². The summed E-state index contributed by atoms with van der Waals surface area (Å²) in [5.41, 5.74) is 2.01. The molecule has 1 unspecified atom stereocenters. The molecule has 0 aromatic heterocycles. The van der Waals surface area contributed by atoms with Crippen molar-refractivity contribution in [1.29, 1.82) is 0 Å². The highest BCUT2D eigenvalue weighted by Gasteiger charge is 2.43. The Morgan fingerprint density at radius 2 is 1.80 bits per heavy atom. The highest BCUT2D eigenvalue weighted by Crippen LogP contribution is 2.49. The van der Waals surface area contributed by atoms with E-state index in [2.05, 4.69) is 32.9 Å². The van der Waals surface area contributed by atoms with Crippen LogP contribution in [-0.2, 0) is 5.60 Å². The number of benzene rings is 1. The molecule has 0 radical (unpaired) electrons. The first-order valence-corrected chi connectivity index (χ1v) is 5.72. The van der Waals surface area contributed by atoms with Gasteiger partial charge in [-0.2, -0.15) is 0 Å². The molecule has 1 aromatic carbocycles. The summed E-state index contributed by atoms with van der Waals surface area (Å²) in [5, 5.41) is 10.7. The van der Waals surface area contributed by atoms with Gasteiger partial charge in [0.15, 0.2) is 0 Å². The molecule has 2 rings (SSSR count). The number of rotatable bonds is 1. The lowest BCUT2D eigenvalue weighted by atomic mass is 9.84. The SMILES string of the molecule is Cc1ccccc1C1(O)CCC(C)(C)C1. The van der Waals surface area contributed by atoms with E-state index in [4.69, 9.17) is 0 Å². The van der Waals surface area contributed by atoms with Crippen LogP contribution in [-0.4, -0.2) is 5.11 Å². The number of aryl methyl sites for hydroxylation is 1. The van der Waals surface area contributed by atoms with E-state index in [1.54, 1.807) is 0 Å². The molecule has 0 amide bonds. The first-order valence-electron chi connectivity index (χ1n) is 5.72. The Hall–Kier alpha value is -0.820. The van der Waals surface area contributed by atoms with Crippen LogP contribution < -0.4 is 0 Å². The molecule has 1 N–H and O–H groups in total. The fourth-order valence-electron chi connectivity index (χ4n) is 2.84. The Balaban J connectivity index is 2.36. The van der Waals surface area contributed by atoms with E-state index in [0.717, 1.165) is 24.8 Å². The van der Waals surface area contributed by atoms with Gasteiger partial charge in [-0.1, -0.05) is 38.1 Å².